The summed E-state index contributed by atoms with van der Waals surface area (Å²) in [6.45, 7) is 9.82. The minimum absolute atomic E-state index is 0.00870. The van der Waals surface area contributed by atoms with Crippen molar-refractivity contribution in [1.82, 2.24) is 5.32 Å². The molecule has 1 saturated carbocycles. The van der Waals surface area contributed by atoms with Gasteiger partial charge in [-0.2, -0.15) is 0 Å². The van der Waals surface area contributed by atoms with Crippen molar-refractivity contribution < 1.29 is 4.74 Å². The van der Waals surface area contributed by atoms with Crippen molar-refractivity contribution in [2.24, 2.45) is 11.8 Å². The summed E-state index contributed by atoms with van der Waals surface area (Å²) in [5.74, 6) is 1.66. The molecule has 1 aliphatic carbocycles. The zero-order valence-electron chi connectivity index (χ0n) is 12.4. The van der Waals surface area contributed by atoms with E-state index in [4.69, 9.17) is 4.74 Å². The monoisotopic (exact) mass is 241 g/mol. The predicted octanol–water partition coefficient (Wildman–Crippen LogP) is 3.61. The second-order valence-electron chi connectivity index (χ2n) is 5.90. The zero-order chi connectivity index (χ0) is 12.9. The van der Waals surface area contributed by atoms with Crippen molar-refractivity contribution in [3.05, 3.63) is 0 Å². The molecule has 2 heteroatoms. The fourth-order valence-corrected chi connectivity index (χ4v) is 3.56. The molecule has 1 rings (SSSR count). The molecule has 0 bridgehead atoms. The summed E-state index contributed by atoms with van der Waals surface area (Å²) in [5, 5.41) is 3.54. The largest absolute Gasteiger partial charge is 0.374 e. The second-order valence-corrected chi connectivity index (χ2v) is 5.90. The van der Waals surface area contributed by atoms with Gasteiger partial charge in [0.15, 0.2) is 0 Å². The van der Waals surface area contributed by atoms with Crippen molar-refractivity contribution >= 4 is 0 Å². The van der Waals surface area contributed by atoms with E-state index in [1.54, 1.807) is 0 Å². The van der Waals surface area contributed by atoms with E-state index < -0.39 is 0 Å². The van der Waals surface area contributed by atoms with Crippen LogP contribution in [0.25, 0.3) is 0 Å². The molecular formula is C15H31NO. The van der Waals surface area contributed by atoms with Crippen LogP contribution in [0.4, 0.5) is 0 Å². The first kappa shape index (κ1) is 15.0. The molecule has 0 aromatic rings. The molecule has 102 valence electrons. The third-order valence-electron chi connectivity index (χ3n) is 4.59. The highest BCUT2D eigenvalue weighted by Crippen LogP contribution is 2.36. The Morgan fingerprint density at radius 2 is 2.06 bits per heavy atom. The summed E-state index contributed by atoms with van der Waals surface area (Å²) in [5.41, 5.74) is -0.00870. The van der Waals surface area contributed by atoms with Crippen LogP contribution in [0.3, 0.4) is 0 Å². The van der Waals surface area contributed by atoms with E-state index in [2.05, 4.69) is 40.1 Å². The summed E-state index contributed by atoms with van der Waals surface area (Å²) in [7, 11) is 2.09. The number of ether oxygens (including phenoxy) is 1. The average molecular weight is 241 g/mol. The fraction of sp³-hybridized carbons (Fsp3) is 1.00. The SMILES string of the molecule is CCOC(C)(CC)C(NC)C1CCCC(C)C1. The van der Waals surface area contributed by atoms with Gasteiger partial charge < -0.3 is 10.1 Å². The van der Waals surface area contributed by atoms with Gasteiger partial charge in [0.2, 0.25) is 0 Å². The van der Waals surface area contributed by atoms with E-state index in [1.165, 1.54) is 25.7 Å². The maximum Gasteiger partial charge on any atom is 0.0806 e. The molecule has 0 spiro atoms. The number of hydrogen-bond acceptors (Lipinski definition) is 2. The number of nitrogens with one attached hydrogen (secondary N) is 1. The Hall–Kier alpha value is -0.0800. The van der Waals surface area contributed by atoms with Crippen LogP contribution in [0.2, 0.25) is 0 Å². The first-order valence-electron chi connectivity index (χ1n) is 7.38. The second kappa shape index (κ2) is 6.75. The lowest BCUT2D eigenvalue weighted by molar-refractivity contribution is -0.0730. The van der Waals surface area contributed by atoms with Crippen LogP contribution in [0.1, 0.15) is 59.8 Å². The van der Waals surface area contributed by atoms with E-state index in [0.717, 1.165) is 24.9 Å². The third-order valence-corrected chi connectivity index (χ3v) is 4.59. The number of likely N-dealkylation sites (N-methyl/N-ethyl adjacent to an activating group) is 1. The Labute approximate surface area is 108 Å². The molecule has 0 heterocycles. The summed E-state index contributed by atoms with van der Waals surface area (Å²) in [6.07, 6.45) is 6.59. The number of rotatable bonds is 6. The van der Waals surface area contributed by atoms with Gasteiger partial charge in [-0.15, -0.1) is 0 Å². The van der Waals surface area contributed by atoms with Crippen molar-refractivity contribution in [3.8, 4) is 0 Å². The first-order valence-corrected chi connectivity index (χ1v) is 7.38. The number of hydrogen-bond donors (Lipinski definition) is 1. The Kier molecular flexibility index (Phi) is 5.94. The molecule has 0 saturated heterocycles. The van der Waals surface area contributed by atoms with Gasteiger partial charge >= 0.3 is 0 Å². The molecule has 1 N–H and O–H groups in total. The van der Waals surface area contributed by atoms with Crippen LogP contribution in [-0.4, -0.2) is 25.3 Å². The lowest BCUT2D eigenvalue weighted by Crippen LogP contribution is -2.54. The molecule has 17 heavy (non-hydrogen) atoms. The molecule has 4 atom stereocenters. The quantitative estimate of drug-likeness (QED) is 0.767. The van der Waals surface area contributed by atoms with Crippen LogP contribution in [0.15, 0.2) is 0 Å². The molecule has 4 unspecified atom stereocenters. The molecule has 0 radical (unpaired) electrons. The van der Waals surface area contributed by atoms with Crippen LogP contribution in [-0.2, 0) is 4.74 Å². The molecular weight excluding hydrogens is 210 g/mol. The van der Waals surface area contributed by atoms with Gasteiger partial charge in [0.25, 0.3) is 0 Å². The molecule has 1 aliphatic rings. The first-order chi connectivity index (χ1) is 8.07. The van der Waals surface area contributed by atoms with Gasteiger partial charge in [-0.25, -0.2) is 0 Å². The maximum atomic E-state index is 6.06. The summed E-state index contributed by atoms with van der Waals surface area (Å²) in [6, 6.07) is 0.496. The molecule has 0 amide bonds. The Morgan fingerprint density at radius 3 is 2.53 bits per heavy atom. The average Bonchev–Trinajstić information content (AvgIpc) is 2.30. The van der Waals surface area contributed by atoms with Crippen molar-refractivity contribution in [1.29, 1.82) is 0 Å². The third kappa shape index (κ3) is 3.69. The van der Waals surface area contributed by atoms with Crippen LogP contribution < -0.4 is 5.32 Å². The minimum atomic E-state index is -0.00870. The lowest BCUT2D eigenvalue weighted by Gasteiger charge is -2.43. The molecule has 1 fully saturated rings. The fourth-order valence-electron chi connectivity index (χ4n) is 3.56. The van der Waals surface area contributed by atoms with E-state index in [9.17, 15) is 0 Å². The summed E-state index contributed by atoms with van der Waals surface area (Å²) in [4.78, 5) is 0. The standard InChI is InChI=1S/C15H31NO/c1-6-15(4,17-7-2)14(16-5)13-10-8-9-12(3)11-13/h12-14,16H,6-11H2,1-5H3. The highest BCUT2D eigenvalue weighted by molar-refractivity contribution is 4.94. The van der Waals surface area contributed by atoms with Gasteiger partial charge in [-0.1, -0.05) is 26.7 Å². The molecule has 2 nitrogen and oxygen atoms in total. The normalized spacial score (nSPS) is 30.9. The highest BCUT2D eigenvalue weighted by Gasteiger charge is 2.38. The topological polar surface area (TPSA) is 21.3 Å². The van der Waals surface area contributed by atoms with E-state index >= 15 is 0 Å². The van der Waals surface area contributed by atoms with Crippen molar-refractivity contribution in [3.63, 3.8) is 0 Å². The predicted molar refractivity (Wildman–Crippen MR) is 74.3 cm³/mol. The van der Waals surface area contributed by atoms with Gasteiger partial charge in [-0.3, -0.25) is 0 Å². The van der Waals surface area contributed by atoms with E-state index in [0.29, 0.717) is 6.04 Å². The van der Waals surface area contributed by atoms with E-state index in [1.807, 2.05) is 0 Å². The zero-order valence-corrected chi connectivity index (χ0v) is 12.4. The lowest BCUT2D eigenvalue weighted by atomic mass is 9.73. The molecule has 0 aliphatic heterocycles. The van der Waals surface area contributed by atoms with Crippen LogP contribution in [0.5, 0.6) is 0 Å². The van der Waals surface area contributed by atoms with Crippen LogP contribution in [0, 0.1) is 11.8 Å². The van der Waals surface area contributed by atoms with Crippen molar-refractivity contribution in [2.45, 2.75) is 71.4 Å². The van der Waals surface area contributed by atoms with Crippen LogP contribution >= 0.6 is 0 Å². The van der Waals surface area contributed by atoms with E-state index in [-0.39, 0.29) is 5.60 Å². The summed E-state index contributed by atoms with van der Waals surface area (Å²) < 4.78 is 6.06. The van der Waals surface area contributed by atoms with Crippen molar-refractivity contribution in [2.75, 3.05) is 13.7 Å². The minimum Gasteiger partial charge on any atom is -0.374 e. The van der Waals surface area contributed by atoms with Gasteiger partial charge in [0.05, 0.1) is 5.60 Å². The maximum absolute atomic E-state index is 6.06. The van der Waals surface area contributed by atoms with Gasteiger partial charge in [-0.05, 0) is 52.0 Å². The Balaban J connectivity index is 2.73. The molecule has 0 aromatic heterocycles. The molecule has 0 aromatic carbocycles. The van der Waals surface area contributed by atoms with Gasteiger partial charge in [0.1, 0.15) is 0 Å². The van der Waals surface area contributed by atoms with Gasteiger partial charge in [0, 0.05) is 12.6 Å². The summed E-state index contributed by atoms with van der Waals surface area (Å²) >= 11 is 0. The Bertz CT molecular complexity index is 219. The highest BCUT2D eigenvalue weighted by atomic mass is 16.5. The smallest absolute Gasteiger partial charge is 0.0806 e. The Morgan fingerprint density at radius 1 is 1.35 bits per heavy atom.